The van der Waals surface area contributed by atoms with Gasteiger partial charge in [0.1, 0.15) is 0 Å². The van der Waals surface area contributed by atoms with E-state index in [1.165, 1.54) is 0 Å². The summed E-state index contributed by atoms with van der Waals surface area (Å²) >= 11 is 0. The van der Waals surface area contributed by atoms with Crippen LogP contribution in [0.4, 0.5) is 5.69 Å². The number of aliphatic hydroxyl groups excluding tert-OH is 1. The number of nitrogens with zero attached hydrogens (tertiary/aromatic N) is 2. The molecule has 0 radical (unpaired) electrons. The van der Waals surface area contributed by atoms with Gasteiger partial charge in [-0.25, -0.2) is 4.98 Å². The van der Waals surface area contributed by atoms with E-state index in [1.54, 1.807) is 23.2 Å². The molecule has 1 aromatic heterocycles. The van der Waals surface area contributed by atoms with Gasteiger partial charge >= 0.3 is 0 Å². The van der Waals surface area contributed by atoms with Gasteiger partial charge < -0.3 is 15.7 Å². The van der Waals surface area contributed by atoms with Crippen molar-refractivity contribution in [2.75, 3.05) is 18.9 Å². The summed E-state index contributed by atoms with van der Waals surface area (Å²) in [6.07, 6.45) is 2.46. The minimum absolute atomic E-state index is 0.0142. The van der Waals surface area contributed by atoms with E-state index in [1.807, 2.05) is 6.92 Å². The van der Waals surface area contributed by atoms with Crippen LogP contribution in [0.1, 0.15) is 23.8 Å². The monoisotopic (exact) mass is 235 g/mol. The number of nitrogens with two attached hydrogens (primary N) is 1. The molecule has 0 aromatic carbocycles. The molecule has 2 atom stereocenters. The van der Waals surface area contributed by atoms with Crippen molar-refractivity contribution < 1.29 is 9.90 Å². The molecule has 1 amide bonds. The fourth-order valence-corrected chi connectivity index (χ4v) is 2.27. The third kappa shape index (κ3) is 2.10. The van der Waals surface area contributed by atoms with E-state index in [0.29, 0.717) is 18.2 Å². The average Bonchev–Trinajstić information content (AvgIpc) is 2.70. The molecule has 0 bridgehead atoms. The summed E-state index contributed by atoms with van der Waals surface area (Å²) in [4.78, 5) is 17.9. The number of carbonyl (C=O) groups excluding carboxylic acids is 1. The maximum Gasteiger partial charge on any atom is 0.274 e. The highest BCUT2D eigenvalue weighted by Crippen LogP contribution is 2.25. The Morgan fingerprint density at radius 3 is 3.12 bits per heavy atom. The van der Waals surface area contributed by atoms with E-state index in [0.717, 1.165) is 6.42 Å². The molecule has 1 saturated heterocycles. The number of aromatic nitrogens is 1. The van der Waals surface area contributed by atoms with Crippen LogP contribution >= 0.6 is 0 Å². The zero-order chi connectivity index (χ0) is 12.4. The molecule has 5 nitrogen and oxygen atoms in total. The van der Waals surface area contributed by atoms with Crippen molar-refractivity contribution in [1.82, 2.24) is 9.88 Å². The lowest BCUT2D eigenvalue weighted by Gasteiger charge is -2.25. The second kappa shape index (κ2) is 4.71. The Labute approximate surface area is 100 Å². The van der Waals surface area contributed by atoms with Gasteiger partial charge in [-0.1, -0.05) is 6.92 Å². The van der Waals surface area contributed by atoms with Gasteiger partial charge in [-0.05, 0) is 24.5 Å². The van der Waals surface area contributed by atoms with Crippen LogP contribution in [-0.2, 0) is 0 Å². The molecule has 92 valence electrons. The molecule has 2 unspecified atom stereocenters. The van der Waals surface area contributed by atoms with Gasteiger partial charge in [0.05, 0.1) is 18.3 Å². The molecule has 0 aliphatic carbocycles. The van der Waals surface area contributed by atoms with Crippen molar-refractivity contribution in [3.8, 4) is 0 Å². The molecule has 1 aliphatic rings. The number of carbonyl (C=O) groups is 1. The Hall–Kier alpha value is -1.62. The van der Waals surface area contributed by atoms with Crippen LogP contribution in [0.2, 0.25) is 0 Å². The van der Waals surface area contributed by atoms with Crippen LogP contribution in [0.3, 0.4) is 0 Å². The molecule has 1 fully saturated rings. The largest absolute Gasteiger partial charge is 0.397 e. The number of amides is 1. The number of likely N-dealkylation sites (tertiary alicyclic amines) is 1. The fourth-order valence-electron chi connectivity index (χ4n) is 2.27. The van der Waals surface area contributed by atoms with Gasteiger partial charge in [0.25, 0.3) is 5.91 Å². The Bertz CT molecular complexity index is 422. The van der Waals surface area contributed by atoms with Crippen LogP contribution < -0.4 is 5.73 Å². The van der Waals surface area contributed by atoms with E-state index in [-0.39, 0.29) is 24.2 Å². The quantitative estimate of drug-likeness (QED) is 0.782. The van der Waals surface area contributed by atoms with Crippen molar-refractivity contribution in [1.29, 1.82) is 0 Å². The zero-order valence-corrected chi connectivity index (χ0v) is 9.84. The summed E-state index contributed by atoms with van der Waals surface area (Å²) < 4.78 is 0. The lowest BCUT2D eigenvalue weighted by molar-refractivity contribution is 0.0643. The minimum Gasteiger partial charge on any atom is -0.397 e. The van der Waals surface area contributed by atoms with E-state index in [4.69, 9.17) is 5.73 Å². The number of hydrogen-bond acceptors (Lipinski definition) is 4. The summed E-state index contributed by atoms with van der Waals surface area (Å²) in [6.45, 7) is 2.68. The summed E-state index contributed by atoms with van der Waals surface area (Å²) in [5, 5.41) is 9.33. The van der Waals surface area contributed by atoms with E-state index < -0.39 is 0 Å². The maximum absolute atomic E-state index is 12.3. The summed E-state index contributed by atoms with van der Waals surface area (Å²) in [5.74, 6) is 0.125. The molecule has 0 saturated carbocycles. The van der Waals surface area contributed by atoms with E-state index in [9.17, 15) is 9.90 Å². The lowest BCUT2D eigenvalue weighted by Crippen LogP contribution is -2.40. The Balaban J connectivity index is 2.24. The molecule has 2 rings (SSSR count). The number of nitrogen functional groups attached to an aromatic ring is 1. The third-order valence-corrected chi connectivity index (χ3v) is 3.37. The minimum atomic E-state index is -0.188. The second-order valence-corrected chi connectivity index (χ2v) is 4.46. The summed E-state index contributed by atoms with van der Waals surface area (Å²) in [5.41, 5.74) is 6.40. The first-order valence-corrected chi connectivity index (χ1v) is 5.77. The van der Waals surface area contributed by atoms with E-state index >= 15 is 0 Å². The highest BCUT2D eigenvalue weighted by molar-refractivity contribution is 5.97. The van der Waals surface area contributed by atoms with Crippen LogP contribution in [0.15, 0.2) is 18.3 Å². The van der Waals surface area contributed by atoms with Gasteiger partial charge in [0.2, 0.25) is 0 Å². The Morgan fingerprint density at radius 2 is 2.47 bits per heavy atom. The molecule has 2 heterocycles. The molecule has 1 aromatic rings. The highest BCUT2D eigenvalue weighted by Gasteiger charge is 2.35. The molecular formula is C12H17N3O2. The number of hydrogen-bond donors (Lipinski definition) is 2. The summed E-state index contributed by atoms with van der Waals surface area (Å²) in [7, 11) is 0. The van der Waals surface area contributed by atoms with Gasteiger partial charge in [0, 0.05) is 12.7 Å². The van der Waals surface area contributed by atoms with Gasteiger partial charge in [-0.3, -0.25) is 4.79 Å². The van der Waals surface area contributed by atoms with Crippen LogP contribution in [-0.4, -0.2) is 40.1 Å². The SMILES string of the molecule is CC1CCN(C(=O)c2ncccc2N)C1CO. The predicted octanol–water partition coefficient (Wildman–Crippen LogP) is 0.507. The first-order chi connectivity index (χ1) is 8.15. The Kier molecular flexibility index (Phi) is 3.28. The normalized spacial score (nSPS) is 24.0. The molecule has 0 spiro atoms. The molecular weight excluding hydrogens is 218 g/mol. The van der Waals surface area contributed by atoms with E-state index in [2.05, 4.69) is 4.98 Å². The van der Waals surface area contributed by atoms with Crippen LogP contribution in [0.5, 0.6) is 0 Å². The first kappa shape index (κ1) is 11.9. The van der Waals surface area contributed by atoms with Crippen molar-refractivity contribution in [2.24, 2.45) is 5.92 Å². The molecule has 3 N–H and O–H groups in total. The summed E-state index contributed by atoms with van der Waals surface area (Å²) in [6, 6.07) is 3.24. The number of pyridine rings is 1. The zero-order valence-electron chi connectivity index (χ0n) is 9.84. The van der Waals surface area contributed by atoms with Crippen LogP contribution in [0.25, 0.3) is 0 Å². The van der Waals surface area contributed by atoms with Crippen molar-refractivity contribution in [3.63, 3.8) is 0 Å². The first-order valence-electron chi connectivity index (χ1n) is 5.77. The van der Waals surface area contributed by atoms with Crippen LogP contribution in [0, 0.1) is 5.92 Å². The number of aliphatic hydroxyl groups is 1. The van der Waals surface area contributed by atoms with Gasteiger partial charge in [-0.15, -0.1) is 0 Å². The molecule has 5 heteroatoms. The molecule has 17 heavy (non-hydrogen) atoms. The number of rotatable bonds is 2. The second-order valence-electron chi connectivity index (χ2n) is 4.46. The van der Waals surface area contributed by atoms with Crippen molar-refractivity contribution >= 4 is 11.6 Å². The topological polar surface area (TPSA) is 79.5 Å². The lowest BCUT2D eigenvalue weighted by atomic mass is 10.0. The highest BCUT2D eigenvalue weighted by atomic mass is 16.3. The third-order valence-electron chi connectivity index (χ3n) is 3.37. The maximum atomic E-state index is 12.3. The fraction of sp³-hybridized carbons (Fsp3) is 0.500. The Morgan fingerprint density at radius 1 is 1.71 bits per heavy atom. The standard InChI is InChI=1S/C12H17N3O2/c1-8-4-6-15(10(8)7-16)12(17)11-9(13)3-2-5-14-11/h2-3,5,8,10,16H,4,6-7,13H2,1H3. The van der Waals surface area contributed by atoms with Crippen molar-refractivity contribution in [2.45, 2.75) is 19.4 Å². The van der Waals surface area contributed by atoms with Gasteiger partial charge in [-0.2, -0.15) is 0 Å². The number of anilines is 1. The smallest absolute Gasteiger partial charge is 0.274 e. The predicted molar refractivity (Wildman–Crippen MR) is 64.3 cm³/mol. The average molecular weight is 235 g/mol. The van der Waals surface area contributed by atoms with Gasteiger partial charge in [0.15, 0.2) is 5.69 Å². The molecule has 1 aliphatic heterocycles. The van der Waals surface area contributed by atoms with Crippen molar-refractivity contribution in [3.05, 3.63) is 24.0 Å².